The number of carbonyl (C=O) groups excluding carboxylic acids is 1. The van der Waals surface area contributed by atoms with E-state index >= 15 is 0 Å². The van der Waals surface area contributed by atoms with Crippen LogP contribution in [0.5, 0.6) is 0 Å². The van der Waals surface area contributed by atoms with E-state index in [9.17, 15) is 4.79 Å². The van der Waals surface area contributed by atoms with Crippen molar-refractivity contribution in [3.63, 3.8) is 0 Å². The molecule has 0 saturated carbocycles. The number of nitrogens with one attached hydrogen (secondary N) is 2. The highest BCUT2D eigenvalue weighted by molar-refractivity contribution is 7.10. The molecule has 1 aliphatic rings. The molecule has 0 radical (unpaired) electrons. The number of guanidine groups is 1. The number of hydrogen-bond acceptors (Lipinski definition) is 4. The second-order valence-electron chi connectivity index (χ2n) is 8.02. The fraction of sp³-hybridized carbons (Fsp3) is 0.478. The highest BCUT2D eigenvalue weighted by Crippen LogP contribution is 2.20. The molecule has 2 aromatic rings. The SMILES string of the molecule is CN=C(NCc1cccc(CN2CCCC(C(N)=O)C2)c1)NCC(C)c1cccs1. The van der Waals surface area contributed by atoms with Crippen molar-refractivity contribution in [3.8, 4) is 0 Å². The van der Waals surface area contributed by atoms with Crippen molar-refractivity contribution in [2.75, 3.05) is 26.7 Å². The van der Waals surface area contributed by atoms with Gasteiger partial charge in [-0.25, -0.2) is 0 Å². The van der Waals surface area contributed by atoms with Crippen molar-refractivity contribution in [2.24, 2.45) is 16.6 Å². The summed E-state index contributed by atoms with van der Waals surface area (Å²) in [6.45, 7) is 6.41. The second-order valence-corrected chi connectivity index (χ2v) is 9.00. The summed E-state index contributed by atoms with van der Waals surface area (Å²) in [5.41, 5.74) is 7.98. The molecule has 4 N–H and O–H groups in total. The van der Waals surface area contributed by atoms with Crippen molar-refractivity contribution in [3.05, 3.63) is 57.8 Å². The third kappa shape index (κ3) is 6.57. The summed E-state index contributed by atoms with van der Waals surface area (Å²) >= 11 is 1.79. The lowest BCUT2D eigenvalue weighted by Gasteiger charge is -2.31. The third-order valence-corrected chi connectivity index (χ3v) is 6.70. The fourth-order valence-corrected chi connectivity index (χ4v) is 4.64. The van der Waals surface area contributed by atoms with Crippen molar-refractivity contribution < 1.29 is 4.79 Å². The Morgan fingerprint density at radius 3 is 2.87 bits per heavy atom. The zero-order valence-electron chi connectivity index (χ0n) is 17.9. The standard InChI is InChI=1S/C23H33N5OS/c1-17(21-9-5-11-30-21)13-26-23(25-2)27-14-18-6-3-7-19(12-18)15-28-10-4-8-20(16-28)22(24)29/h3,5-7,9,11-12,17,20H,4,8,10,13-16H2,1-2H3,(H2,24,29)(H2,25,26,27). The van der Waals surface area contributed by atoms with E-state index in [0.717, 1.165) is 45.0 Å². The average Bonchev–Trinajstić information content (AvgIpc) is 3.29. The quantitative estimate of drug-likeness (QED) is 0.447. The largest absolute Gasteiger partial charge is 0.369 e. The van der Waals surface area contributed by atoms with Gasteiger partial charge in [0.05, 0.1) is 5.92 Å². The number of nitrogens with two attached hydrogens (primary N) is 1. The summed E-state index contributed by atoms with van der Waals surface area (Å²) in [4.78, 5) is 19.6. The molecule has 1 fully saturated rings. The third-order valence-electron chi connectivity index (χ3n) is 5.59. The molecule has 1 aromatic heterocycles. The number of carbonyl (C=O) groups is 1. The van der Waals surface area contributed by atoms with E-state index in [-0.39, 0.29) is 11.8 Å². The molecule has 1 saturated heterocycles. The second kappa shape index (κ2) is 11.1. The van der Waals surface area contributed by atoms with Gasteiger partial charge in [0.25, 0.3) is 0 Å². The van der Waals surface area contributed by atoms with Gasteiger partial charge < -0.3 is 16.4 Å². The zero-order chi connectivity index (χ0) is 21.3. The van der Waals surface area contributed by atoms with Gasteiger partial charge in [0.15, 0.2) is 5.96 Å². The number of nitrogens with zero attached hydrogens (tertiary/aromatic N) is 2. The molecule has 1 amide bonds. The van der Waals surface area contributed by atoms with Gasteiger partial charge in [-0.2, -0.15) is 0 Å². The monoisotopic (exact) mass is 427 g/mol. The lowest BCUT2D eigenvalue weighted by Crippen LogP contribution is -2.40. The van der Waals surface area contributed by atoms with Gasteiger partial charge in [-0.1, -0.05) is 37.3 Å². The number of thiophene rings is 1. The van der Waals surface area contributed by atoms with Crippen LogP contribution in [-0.4, -0.2) is 43.4 Å². The normalized spacial score (nSPS) is 18.7. The van der Waals surface area contributed by atoms with Crippen molar-refractivity contribution in [1.82, 2.24) is 15.5 Å². The van der Waals surface area contributed by atoms with E-state index in [1.54, 1.807) is 18.4 Å². The first-order valence-electron chi connectivity index (χ1n) is 10.6. The smallest absolute Gasteiger partial charge is 0.221 e. The molecule has 1 aromatic carbocycles. The minimum absolute atomic E-state index is 0.0189. The van der Waals surface area contributed by atoms with Crippen LogP contribution < -0.4 is 16.4 Å². The van der Waals surface area contributed by atoms with Crippen LogP contribution in [0, 0.1) is 5.92 Å². The van der Waals surface area contributed by atoms with E-state index < -0.39 is 0 Å². The fourth-order valence-electron chi connectivity index (χ4n) is 3.86. The number of amides is 1. The van der Waals surface area contributed by atoms with Gasteiger partial charge in [0.2, 0.25) is 5.91 Å². The van der Waals surface area contributed by atoms with Crippen LogP contribution in [-0.2, 0) is 17.9 Å². The molecule has 0 aliphatic carbocycles. The number of aliphatic imine (C=N–C) groups is 1. The highest BCUT2D eigenvalue weighted by Gasteiger charge is 2.23. The van der Waals surface area contributed by atoms with Gasteiger partial charge in [0, 0.05) is 44.0 Å². The number of likely N-dealkylation sites (tertiary alicyclic amines) is 1. The predicted molar refractivity (Wildman–Crippen MR) is 125 cm³/mol. The molecular weight excluding hydrogens is 394 g/mol. The minimum atomic E-state index is -0.176. The summed E-state index contributed by atoms with van der Waals surface area (Å²) in [5, 5.41) is 8.94. The van der Waals surface area contributed by atoms with Crippen LogP contribution in [0.2, 0.25) is 0 Å². The summed E-state index contributed by atoms with van der Waals surface area (Å²) in [6.07, 6.45) is 1.94. The molecule has 2 unspecified atom stereocenters. The van der Waals surface area contributed by atoms with Crippen LogP contribution in [0.4, 0.5) is 0 Å². The van der Waals surface area contributed by atoms with E-state index in [2.05, 4.69) is 69.2 Å². The molecule has 162 valence electrons. The van der Waals surface area contributed by atoms with Crippen LogP contribution >= 0.6 is 11.3 Å². The molecule has 3 rings (SSSR count). The Morgan fingerprint density at radius 2 is 2.13 bits per heavy atom. The van der Waals surface area contributed by atoms with E-state index in [1.165, 1.54) is 16.0 Å². The van der Waals surface area contributed by atoms with Crippen LogP contribution in [0.15, 0.2) is 46.8 Å². The van der Waals surface area contributed by atoms with Crippen LogP contribution in [0.1, 0.15) is 41.7 Å². The Balaban J connectivity index is 1.48. The predicted octanol–water partition coefficient (Wildman–Crippen LogP) is 2.91. The molecule has 6 nitrogen and oxygen atoms in total. The Labute approximate surface area is 183 Å². The average molecular weight is 428 g/mol. The van der Waals surface area contributed by atoms with E-state index in [1.807, 2.05) is 0 Å². The Kier molecular flexibility index (Phi) is 8.28. The number of primary amides is 1. The maximum atomic E-state index is 11.5. The summed E-state index contributed by atoms with van der Waals surface area (Å²) in [6, 6.07) is 12.9. The first kappa shape index (κ1) is 22.3. The van der Waals surface area contributed by atoms with Gasteiger partial charge in [-0.15, -0.1) is 11.3 Å². The number of piperidine rings is 1. The summed E-state index contributed by atoms with van der Waals surface area (Å²) in [5.74, 6) is 1.06. The highest BCUT2D eigenvalue weighted by atomic mass is 32.1. The lowest BCUT2D eigenvalue weighted by molar-refractivity contribution is -0.123. The van der Waals surface area contributed by atoms with Crippen LogP contribution in [0.3, 0.4) is 0 Å². The first-order valence-corrected chi connectivity index (χ1v) is 11.5. The summed E-state index contributed by atoms with van der Waals surface area (Å²) in [7, 11) is 1.80. The number of rotatable bonds is 8. The molecule has 2 heterocycles. The lowest BCUT2D eigenvalue weighted by atomic mass is 9.97. The molecular formula is C23H33N5OS. The maximum Gasteiger partial charge on any atom is 0.221 e. The molecule has 30 heavy (non-hydrogen) atoms. The molecule has 0 bridgehead atoms. The maximum absolute atomic E-state index is 11.5. The Hall–Kier alpha value is -2.38. The molecule has 0 spiro atoms. The van der Waals surface area contributed by atoms with Crippen molar-refractivity contribution in [2.45, 2.75) is 38.8 Å². The van der Waals surface area contributed by atoms with Crippen molar-refractivity contribution in [1.29, 1.82) is 0 Å². The summed E-state index contributed by atoms with van der Waals surface area (Å²) < 4.78 is 0. The minimum Gasteiger partial charge on any atom is -0.369 e. The van der Waals surface area contributed by atoms with Gasteiger partial charge in [-0.3, -0.25) is 14.7 Å². The topological polar surface area (TPSA) is 82.8 Å². The van der Waals surface area contributed by atoms with Gasteiger partial charge in [0.1, 0.15) is 0 Å². The zero-order valence-corrected chi connectivity index (χ0v) is 18.8. The van der Waals surface area contributed by atoms with Crippen molar-refractivity contribution >= 4 is 23.2 Å². The van der Waals surface area contributed by atoms with E-state index in [0.29, 0.717) is 12.5 Å². The van der Waals surface area contributed by atoms with E-state index in [4.69, 9.17) is 5.73 Å². The first-order chi connectivity index (χ1) is 14.5. The number of benzene rings is 1. The Morgan fingerprint density at radius 1 is 1.30 bits per heavy atom. The van der Waals surface area contributed by atoms with Gasteiger partial charge in [-0.05, 0) is 42.0 Å². The van der Waals surface area contributed by atoms with Crippen LogP contribution in [0.25, 0.3) is 0 Å². The molecule has 7 heteroatoms. The Bertz CT molecular complexity index is 836. The number of hydrogen-bond donors (Lipinski definition) is 3. The molecule has 1 aliphatic heterocycles. The molecule has 2 atom stereocenters. The van der Waals surface area contributed by atoms with Gasteiger partial charge >= 0.3 is 0 Å².